The Labute approximate surface area is 212 Å². The van der Waals surface area contributed by atoms with Crippen molar-refractivity contribution in [2.24, 2.45) is 10.9 Å². The maximum atomic E-state index is 12.9. The molecule has 13 heteroatoms. The van der Waals surface area contributed by atoms with Crippen LogP contribution in [0.4, 0.5) is 11.5 Å². The number of sulfonamides is 1. The summed E-state index contributed by atoms with van der Waals surface area (Å²) in [4.78, 5) is 4.73. The Morgan fingerprint density at radius 1 is 1.34 bits per heavy atom. The van der Waals surface area contributed by atoms with E-state index in [1.807, 2.05) is 19.9 Å². The van der Waals surface area contributed by atoms with Crippen molar-refractivity contribution in [2.75, 3.05) is 18.4 Å². The monoisotopic (exact) mass is 543 g/mol. The fourth-order valence-corrected chi connectivity index (χ4v) is 6.94. The first-order valence-corrected chi connectivity index (χ1v) is 14.7. The topological polar surface area (TPSA) is 147 Å². The van der Waals surface area contributed by atoms with Crippen molar-refractivity contribution in [1.29, 1.82) is 0 Å². The maximum Gasteiger partial charge on any atom is 0.256 e. The van der Waals surface area contributed by atoms with Gasteiger partial charge in [0.1, 0.15) is 11.8 Å². The fourth-order valence-electron chi connectivity index (χ4n) is 3.45. The second-order valence-corrected chi connectivity index (χ2v) is 13.3. The largest absolute Gasteiger partial charge is 0.548 e. The van der Waals surface area contributed by atoms with E-state index in [0.29, 0.717) is 5.76 Å². The molecule has 3 aromatic rings. The molecular formula is C22H33N5O5S3. The number of furan rings is 1. The van der Waals surface area contributed by atoms with Crippen molar-refractivity contribution in [3.8, 4) is 5.75 Å². The molecule has 0 amide bonds. The first-order chi connectivity index (χ1) is 16.3. The number of hydrogen-bond donors (Lipinski definition) is 3. The minimum Gasteiger partial charge on any atom is -0.548 e. The molecule has 0 spiro atoms. The maximum absolute atomic E-state index is 12.9. The van der Waals surface area contributed by atoms with Crippen LogP contribution >= 0.6 is 22.5 Å². The summed E-state index contributed by atoms with van der Waals surface area (Å²) < 4.78 is 51.6. The number of nitrogens with one attached hydrogen (secondary N) is 2. The summed E-state index contributed by atoms with van der Waals surface area (Å²) in [6, 6.07) is 1.59. The Bertz CT molecular complexity index is 1320. The molecule has 3 aromatic heterocycles. The zero-order valence-corrected chi connectivity index (χ0v) is 23.4. The van der Waals surface area contributed by atoms with Gasteiger partial charge in [-0.3, -0.25) is 0 Å². The molecular weight excluding hydrogens is 510 g/mol. The van der Waals surface area contributed by atoms with Crippen LogP contribution in [0.1, 0.15) is 65.8 Å². The van der Waals surface area contributed by atoms with Crippen LogP contribution in [0.25, 0.3) is 0 Å². The zero-order chi connectivity index (χ0) is 26.1. The number of H-pyrrole nitrogens is 1. The summed E-state index contributed by atoms with van der Waals surface area (Å²) in [5, 5.41) is 15.1. The van der Waals surface area contributed by atoms with Gasteiger partial charge in [-0.25, -0.2) is 13.4 Å². The van der Waals surface area contributed by atoms with E-state index in [2.05, 4.69) is 34.8 Å². The number of rotatable bonds is 9. The lowest BCUT2D eigenvalue weighted by atomic mass is 9.88. The molecule has 2 atom stereocenters. The molecule has 0 radical (unpaired) electrons. The highest BCUT2D eigenvalue weighted by Gasteiger charge is 2.29. The highest BCUT2D eigenvalue weighted by atomic mass is 32.2. The molecule has 0 saturated heterocycles. The number of thiophene rings is 1. The second kappa shape index (κ2) is 10.4. The van der Waals surface area contributed by atoms with Gasteiger partial charge in [0, 0.05) is 22.8 Å². The van der Waals surface area contributed by atoms with E-state index >= 15 is 0 Å². The molecule has 0 fully saturated rings. The number of aromatic amines is 1. The Hall–Kier alpha value is -2.19. The Kier molecular flexibility index (Phi) is 8.16. The molecule has 3 N–H and O–H groups in total. The van der Waals surface area contributed by atoms with Gasteiger partial charge in [0.15, 0.2) is 21.1 Å². The van der Waals surface area contributed by atoms with Crippen molar-refractivity contribution < 1.29 is 22.5 Å². The summed E-state index contributed by atoms with van der Waals surface area (Å²) >= 11 is -0.869. The van der Waals surface area contributed by atoms with Crippen LogP contribution in [0.15, 0.2) is 31.3 Å². The lowest BCUT2D eigenvalue weighted by Gasteiger charge is -2.17. The average molecular weight is 544 g/mol. The van der Waals surface area contributed by atoms with Gasteiger partial charge in [0.05, 0.1) is 12.0 Å². The third-order valence-electron chi connectivity index (χ3n) is 5.52. The molecule has 0 saturated carbocycles. The van der Waals surface area contributed by atoms with Crippen molar-refractivity contribution in [1.82, 2.24) is 13.1 Å². The van der Waals surface area contributed by atoms with E-state index in [9.17, 15) is 18.1 Å². The van der Waals surface area contributed by atoms with Crippen molar-refractivity contribution in [3.63, 3.8) is 0 Å². The highest BCUT2D eigenvalue weighted by Crippen LogP contribution is 2.40. The molecule has 0 aliphatic rings. The summed E-state index contributed by atoms with van der Waals surface area (Å²) in [5.41, 5.74) is 1.33. The minimum absolute atomic E-state index is 0.0546. The highest BCUT2D eigenvalue weighted by molar-refractivity contribution is 7.91. The van der Waals surface area contributed by atoms with E-state index in [-0.39, 0.29) is 51.7 Å². The van der Waals surface area contributed by atoms with Gasteiger partial charge in [0.25, 0.3) is 10.0 Å². The van der Waals surface area contributed by atoms with Gasteiger partial charge in [0.2, 0.25) is 11.3 Å². The number of nitrogens with zero attached hydrogens (tertiary/aromatic N) is 3. The molecule has 0 aliphatic heterocycles. The number of anilines is 2. The third-order valence-corrected chi connectivity index (χ3v) is 9.78. The predicted octanol–water partition coefficient (Wildman–Crippen LogP) is 4.87. The second-order valence-electron chi connectivity index (χ2n) is 9.45. The first kappa shape index (κ1) is 27.4. The van der Waals surface area contributed by atoms with Crippen LogP contribution in [-0.4, -0.2) is 44.2 Å². The number of hydrogen-bond acceptors (Lipinski definition) is 9. The fraction of sp³-hybridized carbons (Fsp3) is 0.545. The molecule has 35 heavy (non-hydrogen) atoms. The average Bonchev–Trinajstić information content (AvgIpc) is 3.46. The smallest absolute Gasteiger partial charge is 0.256 e. The molecule has 0 bridgehead atoms. The Morgan fingerprint density at radius 3 is 2.54 bits per heavy atom. The minimum atomic E-state index is -3.84. The molecule has 0 aromatic carbocycles. The lowest BCUT2D eigenvalue weighted by Crippen LogP contribution is -2.30. The molecule has 0 aliphatic carbocycles. The normalized spacial score (nSPS) is 14.8. The van der Waals surface area contributed by atoms with Crippen LogP contribution in [0.2, 0.25) is 0 Å². The molecule has 1 unspecified atom stereocenters. The number of aromatic hydroxyl groups is 1. The Balaban J connectivity index is 1.99. The van der Waals surface area contributed by atoms with Gasteiger partial charge < -0.3 is 19.4 Å². The molecule has 10 nitrogen and oxygen atoms in total. The van der Waals surface area contributed by atoms with Crippen LogP contribution in [0.3, 0.4) is 0 Å². The molecule has 3 heterocycles. The van der Waals surface area contributed by atoms with Crippen LogP contribution in [0, 0.1) is 5.92 Å². The van der Waals surface area contributed by atoms with Gasteiger partial charge in [-0.1, -0.05) is 48.5 Å². The first-order valence-electron chi connectivity index (χ1n) is 11.3. The van der Waals surface area contributed by atoms with E-state index in [4.69, 9.17) is 9.41 Å². The van der Waals surface area contributed by atoms with Gasteiger partial charge in [-0.2, -0.15) is 4.31 Å². The summed E-state index contributed by atoms with van der Waals surface area (Å²) in [7, 11) is -3.84. The summed E-state index contributed by atoms with van der Waals surface area (Å²) in [6.07, 6.45) is 1.72. The van der Waals surface area contributed by atoms with Crippen LogP contribution in [-0.2, 0) is 15.4 Å². The predicted molar refractivity (Wildman–Crippen MR) is 137 cm³/mol. The van der Waals surface area contributed by atoms with Crippen LogP contribution in [0.5, 0.6) is 5.75 Å². The van der Waals surface area contributed by atoms with Gasteiger partial charge in [-0.05, 0) is 23.0 Å². The standard InChI is InChI=1S/C22H33N5O5S3/c1-8-27(9-2)35(30,31)21-18(28)15(12-33-21)23-19-20(26-34(29)25-19)24-17(13(3)4)16-10-14(11-32-16)22(5,6)7/h10-13,17,28H,8-9H2,1-7H3,(H,23,25)(H,24,26)/t17-,34?/m1/s1. The van der Waals surface area contributed by atoms with E-state index in [1.165, 1.54) is 9.69 Å². The lowest BCUT2D eigenvalue weighted by molar-refractivity contribution is 0.397. The third kappa shape index (κ3) is 5.80. The van der Waals surface area contributed by atoms with Crippen molar-refractivity contribution in [3.05, 3.63) is 34.5 Å². The van der Waals surface area contributed by atoms with Crippen LogP contribution < -0.4 is 10.8 Å². The zero-order valence-electron chi connectivity index (χ0n) is 20.9. The quantitative estimate of drug-likeness (QED) is 0.326. The van der Waals surface area contributed by atoms with E-state index < -0.39 is 26.9 Å². The SMILES string of the molecule is CCN(CC)S(=O)(=O)c1scc(Nc2n[s+]([O-])[nH]c2=N[C@@H](c2cc(C(C)(C)C)co2)C(C)C)c1O. The molecule has 3 rings (SSSR count). The van der Waals surface area contributed by atoms with Crippen molar-refractivity contribution in [2.45, 2.75) is 64.1 Å². The van der Waals surface area contributed by atoms with E-state index in [1.54, 1.807) is 20.1 Å². The van der Waals surface area contributed by atoms with E-state index in [0.717, 1.165) is 16.9 Å². The summed E-state index contributed by atoms with van der Waals surface area (Å²) in [6.45, 7) is 14.3. The van der Waals surface area contributed by atoms with Gasteiger partial charge in [-0.15, -0.1) is 15.7 Å². The summed E-state index contributed by atoms with van der Waals surface area (Å²) in [5.74, 6) is 0.445. The van der Waals surface area contributed by atoms with Crippen molar-refractivity contribution >= 4 is 44.0 Å². The molecule has 194 valence electrons. The number of aromatic nitrogens is 2. The van der Waals surface area contributed by atoms with Gasteiger partial charge >= 0.3 is 0 Å². The Morgan fingerprint density at radius 2 is 2.00 bits per heavy atom.